The summed E-state index contributed by atoms with van der Waals surface area (Å²) in [6.07, 6.45) is 0.0559. The van der Waals surface area contributed by atoms with Crippen LogP contribution in [0.5, 0.6) is 0 Å². The molecule has 1 amide bonds. The minimum absolute atomic E-state index is 0.0559. The van der Waals surface area contributed by atoms with Crippen LogP contribution >= 0.6 is 0 Å². The Morgan fingerprint density at radius 3 is 2.54 bits per heavy atom. The molecule has 0 saturated carbocycles. The molecule has 0 bridgehead atoms. The number of primary amides is 1. The molecule has 0 radical (unpaired) electrons. The maximum atomic E-state index is 11.4. The Hall–Kier alpha value is -2.25. The number of nitrogens with two attached hydrogens (primary N) is 1. The average molecular weight is 356 g/mol. The Morgan fingerprint density at radius 1 is 1.23 bits per heavy atom. The fraction of sp³-hybridized carbons (Fsp3) is 0.526. The number of likely N-dealkylation sites (N-methyl/N-ethyl adjacent to an activating group) is 1. The van der Waals surface area contributed by atoms with Crippen molar-refractivity contribution in [1.82, 2.24) is 24.6 Å². The molecule has 1 saturated heterocycles. The summed E-state index contributed by atoms with van der Waals surface area (Å²) in [6.45, 7) is 10.4. The van der Waals surface area contributed by atoms with Crippen LogP contribution in [0.15, 0.2) is 18.2 Å². The van der Waals surface area contributed by atoms with Gasteiger partial charge in [0.1, 0.15) is 5.82 Å². The zero-order valence-electron chi connectivity index (χ0n) is 16.1. The van der Waals surface area contributed by atoms with Gasteiger partial charge in [0.15, 0.2) is 5.82 Å². The third kappa shape index (κ3) is 3.94. The lowest BCUT2D eigenvalue weighted by molar-refractivity contribution is -0.117. The zero-order valence-corrected chi connectivity index (χ0v) is 16.1. The van der Waals surface area contributed by atoms with E-state index in [2.05, 4.69) is 65.9 Å². The van der Waals surface area contributed by atoms with Crippen LogP contribution in [0.25, 0.3) is 5.69 Å². The van der Waals surface area contributed by atoms with Crippen molar-refractivity contribution in [2.24, 2.45) is 5.73 Å². The van der Waals surface area contributed by atoms with E-state index >= 15 is 0 Å². The second-order valence-corrected chi connectivity index (χ2v) is 7.25. The summed E-state index contributed by atoms with van der Waals surface area (Å²) in [5, 5.41) is 4.61. The monoisotopic (exact) mass is 356 g/mol. The number of amides is 1. The van der Waals surface area contributed by atoms with Gasteiger partial charge in [0, 0.05) is 26.2 Å². The summed E-state index contributed by atoms with van der Waals surface area (Å²) in [5.74, 6) is 0.924. The first kappa shape index (κ1) is 18.5. The van der Waals surface area contributed by atoms with Gasteiger partial charge < -0.3 is 10.6 Å². The second kappa shape index (κ2) is 7.55. The topological polar surface area (TPSA) is 80.3 Å². The number of carbonyl (C=O) groups is 1. The molecular weight excluding hydrogens is 328 g/mol. The number of carbonyl (C=O) groups excluding carboxylic acids is 1. The molecule has 1 atom stereocenters. The molecule has 7 heteroatoms. The van der Waals surface area contributed by atoms with E-state index in [9.17, 15) is 4.79 Å². The first-order chi connectivity index (χ1) is 12.3. The SMILES string of the molecule is Cc1ccc(-n2nc(CC(N)=O)nc2[C@H](C)N2CCN(C)CC2)c(C)c1. The molecule has 26 heavy (non-hydrogen) atoms. The number of hydrogen-bond donors (Lipinski definition) is 1. The van der Waals surface area contributed by atoms with Gasteiger partial charge in [0.2, 0.25) is 5.91 Å². The maximum Gasteiger partial charge on any atom is 0.225 e. The summed E-state index contributed by atoms with van der Waals surface area (Å²) in [7, 11) is 2.14. The molecule has 7 nitrogen and oxygen atoms in total. The number of aromatic nitrogens is 3. The summed E-state index contributed by atoms with van der Waals surface area (Å²) < 4.78 is 1.88. The van der Waals surface area contributed by atoms with Crippen molar-refractivity contribution in [1.29, 1.82) is 0 Å². The minimum atomic E-state index is -0.415. The molecule has 1 fully saturated rings. The lowest BCUT2D eigenvalue weighted by Gasteiger charge is -2.36. The van der Waals surface area contributed by atoms with Crippen molar-refractivity contribution in [3.8, 4) is 5.69 Å². The Kier molecular flexibility index (Phi) is 5.38. The lowest BCUT2D eigenvalue weighted by Crippen LogP contribution is -2.45. The molecule has 2 aromatic rings. The highest BCUT2D eigenvalue weighted by Gasteiger charge is 2.26. The van der Waals surface area contributed by atoms with Crippen LogP contribution in [-0.2, 0) is 11.2 Å². The van der Waals surface area contributed by atoms with E-state index in [1.54, 1.807) is 0 Å². The summed E-state index contributed by atoms with van der Waals surface area (Å²) >= 11 is 0. The van der Waals surface area contributed by atoms with Crippen molar-refractivity contribution in [3.05, 3.63) is 41.0 Å². The van der Waals surface area contributed by atoms with E-state index in [1.165, 1.54) is 5.56 Å². The van der Waals surface area contributed by atoms with Gasteiger partial charge in [-0.1, -0.05) is 17.7 Å². The molecule has 3 rings (SSSR count). The first-order valence-corrected chi connectivity index (χ1v) is 9.09. The molecule has 2 heterocycles. The molecular formula is C19H28N6O. The van der Waals surface area contributed by atoms with Crippen molar-refractivity contribution < 1.29 is 4.79 Å². The fourth-order valence-corrected chi connectivity index (χ4v) is 3.46. The number of rotatable bonds is 5. The van der Waals surface area contributed by atoms with Crippen LogP contribution in [0.1, 0.15) is 35.7 Å². The lowest BCUT2D eigenvalue weighted by atomic mass is 10.1. The smallest absolute Gasteiger partial charge is 0.225 e. The number of aryl methyl sites for hydroxylation is 2. The van der Waals surface area contributed by atoms with Gasteiger partial charge >= 0.3 is 0 Å². The quantitative estimate of drug-likeness (QED) is 0.871. The van der Waals surface area contributed by atoms with Crippen LogP contribution in [-0.4, -0.2) is 63.7 Å². The molecule has 1 aromatic heterocycles. The first-order valence-electron chi connectivity index (χ1n) is 9.09. The van der Waals surface area contributed by atoms with Gasteiger partial charge in [-0.15, -0.1) is 0 Å². The van der Waals surface area contributed by atoms with Gasteiger partial charge in [-0.05, 0) is 39.4 Å². The molecule has 140 valence electrons. The molecule has 1 aliphatic rings. The molecule has 1 aliphatic heterocycles. The normalized spacial score (nSPS) is 17.4. The van der Waals surface area contributed by atoms with Crippen molar-refractivity contribution in [2.75, 3.05) is 33.2 Å². The molecule has 1 aromatic carbocycles. The van der Waals surface area contributed by atoms with Crippen LogP contribution in [0, 0.1) is 13.8 Å². The standard InChI is InChI=1S/C19H28N6O/c1-13-5-6-16(14(2)11-13)25-19(21-18(22-25)12-17(20)26)15(3)24-9-7-23(4)8-10-24/h5-6,11,15H,7-10,12H2,1-4H3,(H2,20,26)/t15-/m0/s1. The second-order valence-electron chi connectivity index (χ2n) is 7.25. The van der Waals surface area contributed by atoms with Crippen molar-refractivity contribution >= 4 is 5.91 Å². The maximum absolute atomic E-state index is 11.4. The Bertz CT molecular complexity index is 791. The zero-order chi connectivity index (χ0) is 18.8. The average Bonchev–Trinajstić information content (AvgIpc) is 2.97. The van der Waals surface area contributed by atoms with E-state index in [4.69, 9.17) is 5.73 Å². The number of hydrogen-bond acceptors (Lipinski definition) is 5. The Balaban J connectivity index is 1.99. The van der Waals surface area contributed by atoms with E-state index in [0.717, 1.165) is 43.3 Å². The van der Waals surface area contributed by atoms with Crippen LogP contribution in [0.4, 0.5) is 0 Å². The van der Waals surface area contributed by atoms with Gasteiger partial charge in [0.25, 0.3) is 0 Å². The highest BCUT2D eigenvalue weighted by atomic mass is 16.1. The van der Waals surface area contributed by atoms with Gasteiger partial charge in [-0.2, -0.15) is 5.10 Å². The Labute approximate surface area is 154 Å². The van der Waals surface area contributed by atoms with E-state index < -0.39 is 5.91 Å². The fourth-order valence-electron chi connectivity index (χ4n) is 3.46. The largest absolute Gasteiger partial charge is 0.369 e. The van der Waals surface area contributed by atoms with Crippen molar-refractivity contribution in [2.45, 2.75) is 33.2 Å². The van der Waals surface area contributed by atoms with Gasteiger partial charge in [-0.25, -0.2) is 9.67 Å². The minimum Gasteiger partial charge on any atom is -0.369 e. The number of nitrogens with zero attached hydrogens (tertiary/aromatic N) is 5. The van der Waals surface area contributed by atoms with E-state index in [0.29, 0.717) is 5.82 Å². The van der Waals surface area contributed by atoms with Gasteiger partial charge in [0.05, 0.1) is 18.2 Å². The predicted octanol–water partition coefficient (Wildman–Crippen LogP) is 1.22. The summed E-state index contributed by atoms with van der Waals surface area (Å²) in [5.41, 5.74) is 8.70. The Morgan fingerprint density at radius 2 is 1.92 bits per heavy atom. The third-order valence-electron chi connectivity index (χ3n) is 5.05. The molecule has 0 unspecified atom stereocenters. The van der Waals surface area contributed by atoms with E-state index in [-0.39, 0.29) is 12.5 Å². The molecule has 0 aliphatic carbocycles. The van der Waals surface area contributed by atoms with Gasteiger partial charge in [-0.3, -0.25) is 9.69 Å². The molecule has 2 N–H and O–H groups in total. The van der Waals surface area contributed by atoms with Crippen LogP contribution < -0.4 is 5.73 Å². The molecule has 0 spiro atoms. The highest BCUT2D eigenvalue weighted by molar-refractivity contribution is 5.75. The third-order valence-corrected chi connectivity index (χ3v) is 5.05. The van der Waals surface area contributed by atoms with Crippen LogP contribution in [0.2, 0.25) is 0 Å². The van der Waals surface area contributed by atoms with Crippen molar-refractivity contribution in [3.63, 3.8) is 0 Å². The number of piperazine rings is 1. The highest BCUT2D eigenvalue weighted by Crippen LogP contribution is 2.25. The summed E-state index contributed by atoms with van der Waals surface area (Å²) in [4.78, 5) is 20.8. The van der Waals surface area contributed by atoms with Crippen LogP contribution in [0.3, 0.4) is 0 Å². The summed E-state index contributed by atoms with van der Waals surface area (Å²) in [6, 6.07) is 6.38. The van der Waals surface area contributed by atoms with E-state index in [1.807, 2.05) is 4.68 Å². The predicted molar refractivity (Wildman–Crippen MR) is 101 cm³/mol. The number of benzene rings is 1.